The molecule has 0 aliphatic rings. The molecule has 1 unspecified atom stereocenters. The topological polar surface area (TPSA) is 92.6 Å². The van der Waals surface area contributed by atoms with Crippen LogP contribution in [0.25, 0.3) is 0 Å². The number of nitro groups is 1. The van der Waals surface area contributed by atoms with E-state index < -0.39 is 11.0 Å². The number of nitro benzene ring substituents is 1. The summed E-state index contributed by atoms with van der Waals surface area (Å²) in [5.74, 6) is 0.734. The molecule has 1 aromatic carbocycles. The number of nitrogens with zero attached hydrogens (tertiary/aromatic N) is 3. The lowest BCUT2D eigenvalue weighted by molar-refractivity contribution is -0.385. The Hall–Kier alpha value is -2.25. The van der Waals surface area contributed by atoms with Crippen molar-refractivity contribution < 1.29 is 14.6 Å². The minimum Gasteiger partial charge on any atom is -0.387 e. The smallest absolute Gasteiger partial charge is 0.269 e. The van der Waals surface area contributed by atoms with E-state index in [2.05, 4.69) is 5.16 Å². The summed E-state index contributed by atoms with van der Waals surface area (Å²) in [6.07, 6.45) is -0.803. The van der Waals surface area contributed by atoms with Gasteiger partial charge in [-0.25, -0.2) is 0 Å². The number of benzene rings is 1. The summed E-state index contributed by atoms with van der Waals surface area (Å²) in [6.45, 7) is 2.69. The monoisotopic (exact) mass is 291 g/mol. The molecule has 0 spiro atoms. The molecular weight excluding hydrogens is 274 g/mol. The highest BCUT2D eigenvalue weighted by molar-refractivity contribution is 5.35. The van der Waals surface area contributed by atoms with E-state index >= 15 is 0 Å². The Bertz CT molecular complexity index is 626. The predicted octanol–water partition coefficient (Wildman–Crippen LogP) is 2.06. The number of aromatic nitrogens is 1. The fourth-order valence-electron chi connectivity index (χ4n) is 2.08. The standard InChI is InChI=1S/C14H17N3O4/c1-10-6-12(15-21-10)8-16(2)9-14(18)11-4-3-5-13(7-11)17(19)20/h3-7,14,18H,8-9H2,1-2H3. The first kappa shape index (κ1) is 15.1. The average Bonchev–Trinajstić information content (AvgIpc) is 2.83. The van der Waals surface area contributed by atoms with Gasteiger partial charge in [-0.15, -0.1) is 0 Å². The highest BCUT2D eigenvalue weighted by Gasteiger charge is 2.15. The summed E-state index contributed by atoms with van der Waals surface area (Å²) in [7, 11) is 1.84. The van der Waals surface area contributed by atoms with E-state index in [4.69, 9.17) is 4.52 Å². The molecule has 21 heavy (non-hydrogen) atoms. The van der Waals surface area contributed by atoms with E-state index in [0.29, 0.717) is 18.7 Å². The van der Waals surface area contributed by atoms with Crippen molar-refractivity contribution >= 4 is 5.69 Å². The Labute approximate surface area is 121 Å². The lowest BCUT2D eigenvalue weighted by atomic mass is 10.1. The van der Waals surface area contributed by atoms with Gasteiger partial charge in [-0.2, -0.15) is 0 Å². The molecule has 2 aromatic rings. The lowest BCUT2D eigenvalue weighted by Crippen LogP contribution is -2.24. The van der Waals surface area contributed by atoms with Crippen LogP contribution in [0.2, 0.25) is 0 Å². The maximum atomic E-state index is 10.7. The molecule has 0 aliphatic carbocycles. The third kappa shape index (κ3) is 4.11. The molecule has 0 bridgehead atoms. The minimum atomic E-state index is -0.803. The molecule has 112 valence electrons. The Morgan fingerprint density at radius 1 is 1.48 bits per heavy atom. The molecule has 0 amide bonds. The van der Waals surface area contributed by atoms with Gasteiger partial charge in [-0.3, -0.25) is 15.0 Å². The second-order valence-corrected chi connectivity index (χ2v) is 4.99. The van der Waals surface area contributed by atoms with Crippen LogP contribution in [0.4, 0.5) is 5.69 Å². The van der Waals surface area contributed by atoms with Gasteiger partial charge in [0.05, 0.1) is 16.7 Å². The Morgan fingerprint density at radius 3 is 2.86 bits per heavy atom. The summed E-state index contributed by atoms with van der Waals surface area (Å²) < 4.78 is 4.98. The van der Waals surface area contributed by atoms with Crippen LogP contribution in [-0.2, 0) is 6.54 Å². The van der Waals surface area contributed by atoms with Crippen molar-refractivity contribution in [3.63, 3.8) is 0 Å². The van der Waals surface area contributed by atoms with Crippen molar-refractivity contribution in [3.8, 4) is 0 Å². The largest absolute Gasteiger partial charge is 0.387 e. The Balaban J connectivity index is 1.98. The highest BCUT2D eigenvalue weighted by atomic mass is 16.6. The predicted molar refractivity (Wildman–Crippen MR) is 75.6 cm³/mol. The van der Waals surface area contributed by atoms with E-state index in [1.54, 1.807) is 12.1 Å². The number of hydrogen-bond donors (Lipinski definition) is 1. The third-order valence-corrected chi connectivity index (χ3v) is 3.06. The number of rotatable bonds is 6. The zero-order valence-electron chi connectivity index (χ0n) is 11.9. The number of hydrogen-bond acceptors (Lipinski definition) is 6. The van der Waals surface area contributed by atoms with Gasteiger partial charge in [0.2, 0.25) is 0 Å². The second-order valence-electron chi connectivity index (χ2n) is 4.99. The van der Waals surface area contributed by atoms with Crippen LogP contribution < -0.4 is 0 Å². The SMILES string of the molecule is Cc1cc(CN(C)CC(O)c2cccc([N+](=O)[O-])c2)no1. The normalized spacial score (nSPS) is 12.6. The van der Waals surface area contributed by atoms with Crippen molar-refractivity contribution in [2.45, 2.75) is 19.6 Å². The first-order chi connectivity index (χ1) is 9.95. The molecular formula is C14H17N3O4. The molecule has 0 aliphatic heterocycles. The van der Waals surface area contributed by atoms with Crippen molar-refractivity contribution in [1.82, 2.24) is 10.1 Å². The van der Waals surface area contributed by atoms with Gasteiger partial charge in [-0.05, 0) is 19.5 Å². The van der Waals surface area contributed by atoms with Gasteiger partial charge in [0.25, 0.3) is 5.69 Å². The molecule has 2 rings (SSSR count). The van der Waals surface area contributed by atoms with E-state index in [1.165, 1.54) is 12.1 Å². The number of aliphatic hydroxyl groups excluding tert-OH is 1. The summed E-state index contributed by atoms with van der Waals surface area (Å²) in [5.41, 5.74) is 1.27. The van der Waals surface area contributed by atoms with Crippen LogP contribution in [0.15, 0.2) is 34.9 Å². The molecule has 0 saturated heterocycles. The lowest BCUT2D eigenvalue weighted by Gasteiger charge is -2.19. The second kappa shape index (κ2) is 6.47. The third-order valence-electron chi connectivity index (χ3n) is 3.06. The molecule has 0 fully saturated rings. The van der Waals surface area contributed by atoms with E-state index in [9.17, 15) is 15.2 Å². The first-order valence-electron chi connectivity index (χ1n) is 6.49. The molecule has 7 heteroatoms. The van der Waals surface area contributed by atoms with Crippen LogP contribution in [-0.4, -0.2) is 33.7 Å². The number of aliphatic hydroxyl groups is 1. The number of likely N-dealkylation sites (N-methyl/N-ethyl adjacent to an activating group) is 1. The highest BCUT2D eigenvalue weighted by Crippen LogP contribution is 2.20. The molecule has 0 saturated carbocycles. The maximum Gasteiger partial charge on any atom is 0.269 e. The fraction of sp³-hybridized carbons (Fsp3) is 0.357. The van der Waals surface area contributed by atoms with Crippen molar-refractivity contribution in [2.75, 3.05) is 13.6 Å². The fourth-order valence-corrected chi connectivity index (χ4v) is 2.08. The molecule has 7 nitrogen and oxygen atoms in total. The summed E-state index contributed by atoms with van der Waals surface area (Å²) in [5, 5.41) is 24.8. The van der Waals surface area contributed by atoms with Gasteiger partial charge >= 0.3 is 0 Å². The van der Waals surface area contributed by atoms with Gasteiger partial charge < -0.3 is 9.63 Å². The number of non-ortho nitro benzene ring substituents is 1. The van der Waals surface area contributed by atoms with E-state index in [0.717, 1.165) is 11.5 Å². The van der Waals surface area contributed by atoms with Crippen LogP contribution in [0.5, 0.6) is 0 Å². The summed E-state index contributed by atoms with van der Waals surface area (Å²) in [4.78, 5) is 12.1. The molecule has 1 N–H and O–H groups in total. The quantitative estimate of drug-likeness (QED) is 0.647. The van der Waals surface area contributed by atoms with Crippen molar-refractivity contribution in [3.05, 3.63) is 57.5 Å². The molecule has 1 aromatic heterocycles. The van der Waals surface area contributed by atoms with Crippen molar-refractivity contribution in [1.29, 1.82) is 0 Å². The van der Waals surface area contributed by atoms with Crippen LogP contribution >= 0.6 is 0 Å². The van der Waals surface area contributed by atoms with Crippen LogP contribution in [0, 0.1) is 17.0 Å². The van der Waals surface area contributed by atoms with Gasteiger partial charge in [0, 0.05) is 31.3 Å². The first-order valence-corrected chi connectivity index (χ1v) is 6.49. The molecule has 1 atom stereocenters. The van der Waals surface area contributed by atoms with Gasteiger partial charge in [-0.1, -0.05) is 17.3 Å². The maximum absolute atomic E-state index is 10.7. The van der Waals surface area contributed by atoms with Gasteiger partial charge in [0.1, 0.15) is 5.76 Å². The Morgan fingerprint density at radius 2 is 2.24 bits per heavy atom. The summed E-state index contributed by atoms with van der Waals surface area (Å²) >= 11 is 0. The summed E-state index contributed by atoms with van der Waals surface area (Å²) in [6, 6.07) is 7.86. The molecule has 1 heterocycles. The van der Waals surface area contributed by atoms with Crippen LogP contribution in [0.1, 0.15) is 23.1 Å². The van der Waals surface area contributed by atoms with E-state index in [-0.39, 0.29) is 5.69 Å². The van der Waals surface area contributed by atoms with Crippen LogP contribution in [0.3, 0.4) is 0 Å². The zero-order valence-corrected chi connectivity index (χ0v) is 11.9. The Kier molecular flexibility index (Phi) is 4.66. The molecule has 0 radical (unpaired) electrons. The zero-order chi connectivity index (χ0) is 15.4. The van der Waals surface area contributed by atoms with E-state index in [1.807, 2.05) is 24.9 Å². The van der Waals surface area contributed by atoms with Crippen molar-refractivity contribution in [2.24, 2.45) is 0 Å². The average molecular weight is 291 g/mol. The number of aryl methyl sites for hydroxylation is 1. The van der Waals surface area contributed by atoms with Gasteiger partial charge in [0.15, 0.2) is 0 Å². The minimum absolute atomic E-state index is 0.0265.